The number of Topliss-reactive ketones (excluding diaryl/α,β-unsaturated/α-hetero) is 1. The summed E-state index contributed by atoms with van der Waals surface area (Å²) in [7, 11) is 1.55. The highest BCUT2D eigenvalue weighted by atomic mass is 16.5. The molecular weight excluding hydrogens is 458 g/mol. The second-order valence-electron chi connectivity index (χ2n) is 9.68. The van der Waals surface area contributed by atoms with Gasteiger partial charge in [0.25, 0.3) is 11.7 Å². The zero-order valence-corrected chi connectivity index (χ0v) is 21.2. The SMILES string of the molecule is CCOc1ccc(/C(O)=C2/C(=O)C(=O)N(Cc3ccco3)C2c2cccc(OC)c2)cc1C(C)(C)C. The molecule has 1 atom stereocenters. The predicted molar refractivity (Wildman–Crippen MR) is 136 cm³/mol. The first-order valence-electron chi connectivity index (χ1n) is 11.9. The predicted octanol–water partition coefficient (Wildman–Crippen LogP) is 5.61. The molecule has 0 bridgehead atoms. The first kappa shape index (κ1) is 25.1. The van der Waals surface area contributed by atoms with Crippen molar-refractivity contribution in [1.82, 2.24) is 4.90 Å². The summed E-state index contributed by atoms with van der Waals surface area (Å²) in [5.74, 6) is 0.120. The number of ketones is 1. The number of carbonyl (C=O) groups excluding carboxylic acids is 2. The van der Waals surface area contributed by atoms with Gasteiger partial charge in [-0.05, 0) is 60.4 Å². The number of rotatable bonds is 7. The lowest BCUT2D eigenvalue weighted by molar-refractivity contribution is -0.140. The minimum Gasteiger partial charge on any atom is -0.507 e. The van der Waals surface area contributed by atoms with E-state index in [1.54, 1.807) is 55.6 Å². The molecule has 1 N–H and O–H groups in total. The summed E-state index contributed by atoms with van der Waals surface area (Å²) in [6, 6.07) is 15.1. The topological polar surface area (TPSA) is 89.2 Å². The minimum absolute atomic E-state index is 0.0174. The van der Waals surface area contributed by atoms with E-state index in [1.165, 1.54) is 11.2 Å². The fourth-order valence-corrected chi connectivity index (χ4v) is 4.47. The largest absolute Gasteiger partial charge is 0.507 e. The number of hydrogen-bond donors (Lipinski definition) is 1. The second kappa shape index (κ2) is 9.93. The normalized spacial score (nSPS) is 17.5. The first-order chi connectivity index (χ1) is 17.2. The molecule has 0 saturated carbocycles. The lowest BCUT2D eigenvalue weighted by atomic mass is 9.84. The summed E-state index contributed by atoms with van der Waals surface area (Å²) in [4.78, 5) is 28.0. The van der Waals surface area contributed by atoms with Gasteiger partial charge in [-0.25, -0.2) is 0 Å². The van der Waals surface area contributed by atoms with Crippen LogP contribution in [0.5, 0.6) is 11.5 Å². The van der Waals surface area contributed by atoms with Crippen LogP contribution in [-0.2, 0) is 21.5 Å². The monoisotopic (exact) mass is 489 g/mol. The molecule has 2 heterocycles. The molecule has 2 aromatic carbocycles. The van der Waals surface area contributed by atoms with E-state index in [-0.39, 0.29) is 23.3 Å². The van der Waals surface area contributed by atoms with Gasteiger partial charge in [0.2, 0.25) is 0 Å². The van der Waals surface area contributed by atoms with Gasteiger partial charge in [0, 0.05) is 11.1 Å². The number of hydrogen-bond acceptors (Lipinski definition) is 6. The molecule has 1 fully saturated rings. The van der Waals surface area contributed by atoms with E-state index >= 15 is 0 Å². The number of benzene rings is 2. The zero-order chi connectivity index (χ0) is 26.0. The van der Waals surface area contributed by atoms with Crippen LogP contribution in [0.15, 0.2) is 70.9 Å². The summed E-state index contributed by atoms with van der Waals surface area (Å²) in [6.45, 7) is 8.64. The highest BCUT2D eigenvalue weighted by Gasteiger charge is 2.46. The van der Waals surface area contributed by atoms with Crippen molar-refractivity contribution in [3.8, 4) is 11.5 Å². The van der Waals surface area contributed by atoms with Crippen molar-refractivity contribution >= 4 is 17.4 Å². The average molecular weight is 490 g/mol. The Bertz CT molecular complexity index is 1300. The van der Waals surface area contributed by atoms with E-state index in [9.17, 15) is 14.7 Å². The number of aliphatic hydroxyl groups is 1. The molecule has 7 heteroatoms. The van der Waals surface area contributed by atoms with Gasteiger partial charge in [0.15, 0.2) is 0 Å². The Hall–Kier alpha value is -4.00. The van der Waals surface area contributed by atoms with Gasteiger partial charge < -0.3 is 23.9 Å². The van der Waals surface area contributed by atoms with Crippen molar-refractivity contribution in [2.75, 3.05) is 13.7 Å². The van der Waals surface area contributed by atoms with Gasteiger partial charge in [-0.2, -0.15) is 0 Å². The number of carbonyl (C=O) groups is 2. The minimum atomic E-state index is -0.824. The Morgan fingerprint density at radius 2 is 1.86 bits per heavy atom. The quantitative estimate of drug-likeness (QED) is 0.264. The van der Waals surface area contributed by atoms with Crippen LogP contribution in [0.1, 0.15) is 56.2 Å². The third kappa shape index (κ3) is 4.73. The maximum absolute atomic E-state index is 13.4. The van der Waals surface area contributed by atoms with Crippen LogP contribution in [-0.4, -0.2) is 35.4 Å². The highest BCUT2D eigenvalue weighted by Crippen LogP contribution is 2.42. The Labute approximate surface area is 210 Å². The Kier molecular flexibility index (Phi) is 6.93. The van der Waals surface area contributed by atoms with Crippen LogP contribution in [0.2, 0.25) is 0 Å². The summed E-state index contributed by atoms with van der Waals surface area (Å²) < 4.78 is 16.6. The summed E-state index contributed by atoms with van der Waals surface area (Å²) in [5, 5.41) is 11.5. The van der Waals surface area contributed by atoms with Crippen LogP contribution in [0.4, 0.5) is 0 Å². The summed E-state index contributed by atoms with van der Waals surface area (Å²) in [5.41, 5.74) is 1.70. The maximum Gasteiger partial charge on any atom is 0.296 e. The zero-order valence-electron chi connectivity index (χ0n) is 21.2. The molecule has 36 heavy (non-hydrogen) atoms. The Morgan fingerprint density at radius 3 is 2.50 bits per heavy atom. The number of amides is 1. The molecule has 1 aromatic heterocycles. The van der Waals surface area contributed by atoms with Crippen molar-refractivity contribution in [3.63, 3.8) is 0 Å². The fraction of sp³-hybridized carbons (Fsp3) is 0.310. The van der Waals surface area contributed by atoms with Crippen LogP contribution >= 0.6 is 0 Å². The number of aliphatic hydroxyl groups excluding tert-OH is 1. The summed E-state index contributed by atoms with van der Waals surface area (Å²) in [6.07, 6.45) is 1.51. The molecule has 0 aliphatic carbocycles. The molecule has 0 spiro atoms. The number of nitrogens with zero attached hydrogens (tertiary/aromatic N) is 1. The van der Waals surface area contributed by atoms with Gasteiger partial charge in [0.05, 0.1) is 38.1 Å². The second-order valence-corrected chi connectivity index (χ2v) is 9.68. The van der Waals surface area contributed by atoms with Gasteiger partial charge in [-0.3, -0.25) is 9.59 Å². The van der Waals surface area contributed by atoms with E-state index in [1.807, 2.05) is 33.8 Å². The molecular formula is C29H31NO6. The molecule has 7 nitrogen and oxygen atoms in total. The molecule has 1 amide bonds. The molecule has 3 aromatic rings. The van der Waals surface area contributed by atoms with Crippen LogP contribution in [0.3, 0.4) is 0 Å². The third-order valence-electron chi connectivity index (χ3n) is 6.22. The van der Waals surface area contributed by atoms with Crippen molar-refractivity contribution < 1.29 is 28.6 Å². The summed E-state index contributed by atoms with van der Waals surface area (Å²) >= 11 is 0. The molecule has 4 rings (SSSR count). The van der Waals surface area contributed by atoms with Crippen LogP contribution in [0.25, 0.3) is 5.76 Å². The third-order valence-corrected chi connectivity index (χ3v) is 6.22. The molecule has 188 valence electrons. The number of ether oxygens (including phenoxy) is 2. The standard InChI is InChI=1S/C29H31NO6/c1-6-35-23-13-12-19(16-22(23)29(2,3)4)26(31)24-25(18-9-7-10-20(15-18)34-5)30(28(33)27(24)32)17-21-11-8-14-36-21/h7-16,25,31H,6,17H2,1-5H3/b26-24-. The van der Waals surface area contributed by atoms with Crippen molar-refractivity contribution in [2.24, 2.45) is 0 Å². The number of furan rings is 1. The van der Waals surface area contributed by atoms with Gasteiger partial charge >= 0.3 is 0 Å². The number of likely N-dealkylation sites (tertiary alicyclic amines) is 1. The lowest BCUT2D eigenvalue weighted by Gasteiger charge is -2.25. The van der Waals surface area contributed by atoms with Crippen LogP contribution < -0.4 is 9.47 Å². The fourth-order valence-electron chi connectivity index (χ4n) is 4.47. The molecule has 1 saturated heterocycles. The van der Waals surface area contributed by atoms with E-state index in [0.29, 0.717) is 35.0 Å². The maximum atomic E-state index is 13.4. The van der Waals surface area contributed by atoms with E-state index < -0.39 is 17.7 Å². The van der Waals surface area contributed by atoms with Crippen molar-refractivity contribution in [3.05, 3.63) is 88.9 Å². The van der Waals surface area contributed by atoms with E-state index in [4.69, 9.17) is 13.9 Å². The molecule has 1 aliphatic heterocycles. The van der Waals surface area contributed by atoms with Gasteiger partial charge in [-0.1, -0.05) is 32.9 Å². The van der Waals surface area contributed by atoms with Gasteiger partial charge in [-0.15, -0.1) is 0 Å². The molecule has 1 aliphatic rings. The van der Waals surface area contributed by atoms with E-state index in [2.05, 4.69) is 0 Å². The lowest BCUT2D eigenvalue weighted by Crippen LogP contribution is -2.29. The first-order valence-corrected chi connectivity index (χ1v) is 11.9. The smallest absolute Gasteiger partial charge is 0.296 e. The molecule has 0 radical (unpaired) electrons. The van der Waals surface area contributed by atoms with Crippen LogP contribution in [0, 0.1) is 0 Å². The van der Waals surface area contributed by atoms with E-state index in [0.717, 1.165) is 5.56 Å². The van der Waals surface area contributed by atoms with Crippen molar-refractivity contribution in [2.45, 2.75) is 45.7 Å². The highest BCUT2D eigenvalue weighted by molar-refractivity contribution is 6.46. The van der Waals surface area contributed by atoms with Gasteiger partial charge in [0.1, 0.15) is 23.0 Å². The number of methoxy groups -OCH3 is 1. The Balaban J connectivity index is 1.90. The molecule has 1 unspecified atom stereocenters. The average Bonchev–Trinajstić information content (AvgIpc) is 3.46. The van der Waals surface area contributed by atoms with Crippen molar-refractivity contribution in [1.29, 1.82) is 0 Å². The Morgan fingerprint density at radius 1 is 1.08 bits per heavy atom.